The van der Waals surface area contributed by atoms with Crippen LogP contribution in [-0.4, -0.2) is 42.9 Å². The fraction of sp³-hybridized carbons (Fsp3) is 0.500. The zero-order valence-corrected chi connectivity index (χ0v) is 13.2. The third kappa shape index (κ3) is 2.46. The lowest BCUT2D eigenvalue weighted by Gasteiger charge is -2.26. The molecule has 2 aliphatic heterocycles. The van der Waals surface area contributed by atoms with E-state index >= 15 is 0 Å². The summed E-state index contributed by atoms with van der Waals surface area (Å²) in [5, 5.41) is 0.959. The van der Waals surface area contributed by atoms with Crippen LogP contribution in [0.15, 0.2) is 29.3 Å². The smallest absolute Gasteiger partial charge is 0.164 e. The summed E-state index contributed by atoms with van der Waals surface area (Å²) in [5.41, 5.74) is 2.24. The van der Waals surface area contributed by atoms with Crippen molar-refractivity contribution in [2.45, 2.75) is 25.9 Å². The van der Waals surface area contributed by atoms with E-state index in [1.807, 2.05) is 19.1 Å². The molecule has 2 aliphatic rings. The van der Waals surface area contributed by atoms with Crippen molar-refractivity contribution in [2.75, 3.05) is 22.2 Å². The Morgan fingerprint density at radius 3 is 2.65 bits per heavy atom. The summed E-state index contributed by atoms with van der Waals surface area (Å²) in [4.78, 5) is 6.76. The number of nitrogens with zero attached hydrogens (tertiary/aromatic N) is 2. The highest BCUT2D eigenvalue weighted by Gasteiger charge is 2.46. The standard InChI is InChI=1S/C14H18N2O2S2/c1-3-19-14-15-12-8-20(17,18)9-13(12)16(14)11-6-4-10(2)5-7-11/h4-7,12-13H,3,8-9H2,1-2H3/t12-,13-/m0/s1. The second-order valence-electron chi connectivity index (χ2n) is 5.26. The van der Waals surface area contributed by atoms with Crippen molar-refractivity contribution >= 4 is 32.5 Å². The minimum Gasteiger partial charge on any atom is -0.315 e. The molecule has 2 atom stereocenters. The third-order valence-electron chi connectivity index (χ3n) is 3.69. The number of thioether (sulfide) groups is 1. The number of benzene rings is 1. The van der Waals surface area contributed by atoms with Crippen LogP contribution in [0.1, 0.15) is 12.5 Å². The molecule has 2 heterocycles. The second-order valence-corrected chi connectivity index (χ2v) is 8.65. The first-order chi connectivity index (χ1) is 9.50. The van der Waals surface area contributed by atoms with Crippen molar-refractivity contribution in [2.24, 2.45) is 4.99 Å². The first-order valence-electron chi connectivity index (χ1n) is 6.77. The number of rotatable bonds is 2. The number of aryl methyl sites for hydroxylation is 1. The van der Waals surface area contributed by atoms with Crippen molar-refractivity contribution in [3.8, 4) is 0 Å². The number of fused-ring (bicyclic) bond motifs is 1. The number of hydrogen-bond donors (Lipinski definition) is 0. The van der Waals surface area contributed by atoms with E-state index in [-0.39, 0.29) is 23.6 Å². The zero-order valence-electron chi connectivity index (χ0n) is 11.6. The highest BCUT2D eigenvalue weighted by Crippen LogP contribution is 2.34. The van der Waals surface area contributed by atoms with Gasteiger partial charge in [0.2, 0.25) is 0 Å². The van der Waals surface area contributed by atoms with Crippen LogP contribution in [0.5, 0.6) is 0 Å². The predicted molar refractivity (Wildman–Crippen MR) is 85.5 cm³/mol. The van der Waals surface area contributed by atoms with Crippen molar-refractivity contribution < 1.29 is 8.42 Å². The van der Waals surface area contributed by atoms with Crippen molar-refractivity contribution in [1.82, 2.24) is 0 Å². The third-order valence-corrected chi connectivity index (χ3v) is 6.24. The average Bonchev–Trinajstić information content (AvgIpc) is 2.82. The van der Waals surface area contributed by atoms with E-state index in [4.69, 9.17) is 0 Å². The number of amidine groups is 1. The number of hydrogen-bond acceptors (Lipinski definition) is 5. The molecule has 0 bridgehead atoms. The van der Waals surface area contributed by atoms with Gasteiger partial charge in [-0.15, -0.1) is 0 Å². The molecule has 0 aromatic heterocycles. The van der Waals surface area contributed by atoms with Crippen LogP contribution in [0.3, 0.4) is 0 Å². The Kier molecular flexibility index (Phi) is 3.54. The highest BCUT2D eigenvalue weighted by atomic mass is 32.2. The van der Waals surface area contributed by atoms with Gasteiger partial charge in [0, 0.05) is 5.69 Å². The Bertz CT molecular complexity index is 638. The molecule has 0 aliphatic carbocycles. The van der Waals surface area contributed by atoms with Crippen LogP contribution in [0.4, 0.5) is 5.69 Å². The van der Waals surface area contributed by atoms with Crippen LogP contribution < -0.4 is 4.90 Å². The van der Waals surface area contributed by atoms with Gasteiger partial charge in [-0.25, -0.2) is 8.42 Å². The number of sulfone groups is 1. The Balaban J connectivity index is 1.97. The quantitative estimate of drug-likeness (QED) is 0.839. The normalized spacial score (nSPS) is 27.5. The summed E-state index contributed by atoms with van der Waals surface area (Å²) in [6, 6.07) is 8.08. The van der Waals surface area contributed by atoms with Crippen LogP contribution >= 0.6 is 11.8 Å². The maximum Gasteiger partial charge on any atom is 0.164 e. The molecule has 0 N–H and O–H groups in total. The van der Waals surface area contributed by atoms with Crippen molar-refractivity contribution in [1.29, 1.82) is 0 Å². The Morgan fingerprint density at radius 1 is 1.30 bits per heavy atom. The second kappa shape index (κ2) is 5.07. The van der Waals surface area contributed by atoms with E-state index in [9.17, 15) is 8.42 Å². The maximum atomic E-state index is 11.8. The molecular weight excluding hydrogens is 292 g/mol. The molecule has 0 radical (unpaired) electrons. The lowest BCUT2D eigenvalue weighted by atomic mass is 10.1. The molecule has 20 heavy (non-hydrogen) atoms. The molecular formula is C14H18N2O2S2. The predicted octanol–water partition coefficient (Wildman–Crippen LogP) is 2.09. The lowest BCUT2D eigenvalue weighted by molar-refractivity contribution is 0.601. The van der Waals surface area contributed by atoms with E-state index in [0.717, 1.165) is 16.6 Å². The molecule has 0 unspecified atom stereocenters. The molecule has 1 aromatic rings. The van der Waals surface area contributed by atoms with Crippen molar-refractivity contribution in [3.63, 3.8) is 0 Å². The molecule has 0 amide bonds. The molecule has 108 valence electrons. The van der Waals surface area contributed by atoms with Gasteiger partial charge >= 0.3 is 0 Å². The summed E-state index contributed by atoms with van der Waals surface area (Å²) < 4.78 is 23.7. The van der Waals surface area contributed by atoms with Gasteiger partial charge in [-0.3, -0.25) is 4.99 Å². The van der Waals surface area contributed by atoms with Gasteiger partial charge in [0.15, 0.2) is 15.0 Å². The topological polar surface area (TPSA) is 49.7 Å². The Labute approximate surface area is 124 Å². The van der Waals surface area contributed by atoms with Crippen LogP contribution in [-0.2, 0) is 9.84 Å². The van der Waals surface area contributed by atoms with E-state index in [1.54, 1.807) is 11.8 Å². The van der Waals surface area contributed by atoms with Crippen LogP contribution in [0.25, 0.3) is 0 Å². The summed E-state index contributed by atoms with van der Waals surface area (Å²) in [7, 11) is -2.95. The van der Waals surface area contributed by atoms with Gasteiger partial charge in [-0.1, -0.05) is 36.4 Å². The van der Waals surface area contributed by atoms with Crippen LogP contribution in [0, 0.1) is 6.92 Å². The van der Waals surface area contributed by atoms with E-state index < -0.39 is 9.84 Å². The van der Waals surface area contributed by atoms with Gasteiger partial charge in [-0.05, 0) is 24.8 Å². The highest BCUT2D eigenvalue weighted by molar-refractivity contribution is 8.14. The van der Waals surface area contributed by atoms with Gasteiger partial charge in [-0.2, -0.15) is 0 Å². The Morgan fingerprint density at radius 2 is 2.00 bits per heavy atom. The summed E-state index contributed by atoms with van der Waals surface area (Å²) in [6.07, 6.45) is 0. The molecule has 3 rings (SSSR count). The molecule has 1 saturated heterocycles. The van der Waals surface area contributed by atoms with Crippen LogP contribution in [0.2, 0.25) is 0 Å². The fourth-order valence-corrected chi connectivity index (χ4v) is 5.46. The summed E-state index contributed by atoms with van der Waals surface area (Å²) >= 11 is 1.68. The molecule has 0 saturated carbocycles. The number of aliphatic imine (C=N–C) groups is 1. The minimum atomic E-state index is -2.95. The first kappa shape index (κ1) is 13.9. The van der Waals surface area contributed by atoms with Gasteiger partial charge in [0.05, 0.1) is 23.6 Å². The molecule has 0 spiro atoms. The lowest BCUT2D eigenvalue weighted by Crippen LogP contribution is -2.39. The average molecular weight is 310 g/mol. The van der Waals surface area contributed by atoms with Crippen molar-refractivity contribution in [3.05, 3.63) is 29.8 Å². The van der Waals surface area contributed by atoms with E-state index in [1.165, 1.54) is 5.56 Å². The number of anilines is 1. The first-order valence-corrected chi connectivity index (χ1v) is 9.58. The largest absolute Gasteiger partial charge is 0.315 e. The molecule has 6 heteroatoms. The Hall–Kier alpha value is -1.01. The van der Waals surface area contributed by atoms with E-state index in [2.05, 4.69) is 28.9 Å². The SMILES string of the molecule is CCSC1=N[C@H]2CS(=O)(=O)C[C@@H]2N1c1ccc(C)cc1. The molecule has 4 nitrogen and oxygen atoms in total. The van der Waals surface area contributed by atoms with Gasteiger partial charge in [0.1, 0.15) is 0 Å². The van der Waals surface area contributed by atoms with Gasteiger partial charge < -0.3 is 4.90 Å². The van der Waals surface area contributed by atoms with Gasteiger partial charge in [0.25, 0.3) is 0 Å². The summed E-state index contributed by atoms with van der Waals surface area (Å²) in [5.74, 6) is 1.34. The molecule has 1 fully saturated rings. The minimum absolute atomic E-state index is 0.0308. The monoisotopic (exact) mass is 310 g/mol. The maximum absolute atomic E-state index is 11.8. The fourth-order valence-electron chi connectivity index (χ4n) is 2.77. The summed E-state index contributed by atoms with van der Waals surface area (Å²) in [6.45, 7) is 4.14. The van der Waals surface area contributed by atoms with E-state index in [0.29, 0.717) is 0 Å². The zero-order chi connectivity index (χ0) is 14.3. The molecule has 1 aromatic carbocycles.